The van der Waals surface area contributed by atoms with Crippen LogP contribution in [0.25, 0.3) is 0 Å². The molecule has 0 atom stereocenters. The Kier molecular flexibility index (Phi) is 6.75. The highest BCUT2D eigenvalue weighted by atomic mass is 19.4. The summed E-state index contributed by atoms with van der Waals surface area (Å²) >= 11 is 0. The SMILES string of the molecule is CC(=O)Nc1ccc(/C(C)=N/OCC(=O)Nc2cccc(C(F)(F)F)c2)cc1. The topological polar surface area (TPSA) is 79.8 Å². The highest BCUT2D eigenvalue weighted by Crippen LogP contribution is 2.30. The van der Waals surface area contributed by atoms with E-state index < -0.39 is 24.3 Å². The van der Waals surface area contributed by atoms with Crippen LogP contribution in [0.4, 0.5) is 24.5 Å². The first-order valence-corrected chi connectivity index (χ1v) is 8.17. The lowest BCUT2D eigenvalue weighted by molar-refractivity contribution is -0.137. The maximum atomic E-state index is 12.7. The van der Waals surface area contributed by atoms with Gasteiger partial charge in [0.2, 0.25) is 5.91 Å². The Bertz CT molecular complexity index is 878. The summed E-state index contributed by atoms with van der Waals surface area (Å²) in [6, 6.07) is 11.1. The van der Waals surface area contributed by atoms with Crippen LogP contribution in [-0.2, 0) is 20.6 Å². The van der Waals surface area contributed by atoms with Crippen molar-refractivity contribution in [3.8, 4) is 0 Å². The molecule has 28 heavy (non-hydrogen) atoms. The van der Waals surface area contributed by atoms with Gasteiger partial charge in [0, 0.05) is 18.3 Å². The molecule has 0 aliphatic heterocycles. The molecule has 0 aliphatic carbocycles. The molecular weight excluding hydrogens is 375 g/mol. The van der Waals surface area contributed by atoms with Crippen LogP contribution in [0.15, 0.2) is 53.7 Å². The predicted molar refractivity (Wildman–Crippen MR) is 99.0 cm³/mol. The molecular formula is C19H18F3N3O3. The van der Waals surface area contributed by atoms with Crippen molar-refractivity contribution in [1.29, 1.82) is 0 Å². The number of nitrogens with zero attached hydrogens (tertiary/aromatic N) is 1. The van der Waals surface area contributed by atoms with Crippen LogP contribution in [-0.4, -0.2) is 24.1 Å². The molecule has 0 aliphatic rings. The van der Waals surface area contributed by atoms with Crippen molar-refractivity contribution in [2.24, 2.45) is 5.16 Å². The summed E-state index contributed by atoms with van der Waals surface area (Å²) in [5.41, 5.74) is 0.986. The summed E-state index contributed by atoms with van der Waals surface area (Å²) in [5.74, 6) is -0.829. The van der Waals surface area contributed by atoms with Gasteiger partial charge in [-0.2, -0.15) is 13.2 Å². The molecule has 2 N–H and O–H groups in total. The molecule has 0 fully saturated rings. The highest BCUT2D eigenvalue weighted by Gasteiger charge is 2.30. The smallest absolute Gasteiger partial charge is 0.385 e. The first kappa shape index (κ1) is 20.9. The van der Waals surface area contributed by atoms with Gasteiger partial charge in [0.25, 0.3) is 5.91 Å². The minimum absolute atomic E-state index is 0.0117. The fraction of sp³-hybridized carbons (Fsp3) is 0.211. The molecule has 2 aromatic rings. The molecule has 9 heteroatoms. The minimum Gasteiger partial charge on any atom is -0.385 e. The molecule has 2 aromatic carbocycles. The molecule has 0 radical (unpaired) electrons. The maximum absolute atomic E-state index is 12.7. The lowest BCUT2D eigenvalue weighted by Crippen LogP contribution is -2.18. The van der Waals surface area contributed by atoms with E-state index in [1.54, 1.807) is 31.2 Å². The van der Waals surface area contributed by atoms with Gasteiger partial charge in [-0.05, 0) is 42.8 Å². The van der Waals surface area contributed by atoms with Crippen molar-refractivity contribution in [3.05, 3.63) is 59.7 Å². The Morgan fingerprint density at radius 3 is 2.29 bits per heavy atom. The van der Waals surface area contributed by atoms with E-state index in [2.05, 4.69) is 15.8 Å². The molecule has 0 heterocycles. The van der Waals surface area contributed by atoms with Gasteiger partial charge in [0.15, 0.2) is 6.61 Å². The predicted octanol–water partition coefficient (Wildman–Crippen LogP) is 4.04. The first-order chi connectivity index (χ1) is 13.1. The van der Waals surface area contributed by atoms with Crippen molar-refractivity contribution in [2.75, 3.05) is 17.2 Å². The van der Waals surface area contributed by atoms with E-state index in [0.29, 0.717) is 17.0 Å². The van der Waals surface area contributed by atoms with Crippen molar-refractivity contribution in [1.82, 2.24) is 0 Å². The zero-order valence-corrected chi connectivity index (χ0v) is 15.1. The Balaban J connectivity index is 1.89. The second kappa shape index (κ2) is 9.03. The minimum atomic E-state index is -4.49. The van der Waals surface area contributed by atoms with Gasteiger partial charge < -0.3 is 15.5 Å². The number of anilines is 2. The third kappa shape index (κ3) is 6.42. The fourth-order valence-corrected chi connectivity index (χ4v) is 2.21. The monoisotopic (exact) mass is 393 g/mol. The average molecular weight is 393 g/mol. The van der Waals surface area contributed by atoms with Crippen LogP contribution < -0.4 is 10.6 Å². The maximum Gasteiger partial charge on any atom is 0.416 e. The summed E-state index contributed by atoms with van der Waals surface area (Å²) in [5, 5.41) is 8.76. The summed E-state index contributed by atoms with van der Waals surface area (Å²) in [4.78, 5) is 27.8. The number of alkyl halides is 3. The highest BCUT2D eigenvalue weighted by molar-refractivity contribution is 5.99. The van der Waals surface area contributed by atoms with Crippen molar-refractivity contribution in [2.45, 2.75) is 20.0 Å². The second-order valence-electron chi connectivity index (χ2n) is 5.84. The zero-order valence-electron chi connectivity index (χ0n) is 15.1. The lowest BCUT2D eigenvalue weighted by atomic mass is 10.1. The van der Waals surface area contributed by atoms with E-state index in [1.165, 1.54) is 19.1 Å². The van der Waals surface area contributed by atoms with Gasteiger partial charge in [-0.15, -0.1) is 0 Å². The van der Waals surface area contributed by atoms with Crippen LogP contribution >= 0.6 is 0 Å². The van der Waals surface area contributed by atoms with Gasteiger partial charge >= 0.3 is 6.18 Å². The quantitative estimate of drug-likeness (QED) is 0.574. The second-order valence-corrected chi connectivity index (χ2v) is 5.84. The molecule has 0 saturated carbocycles. The van der Waals surface area contributed by atoms with E-state index in [1.807, 2.05) is 0 Å². The number of hydrogen-bond donors (Lipinski definition) is 2. The van der Waals surface area contributed by atoms with E-state index in [9.17, 15) is 22.8 Å². The van der Waals surface area contributed by atoms with Gasteiger partial charge in [0.05, 0.1) is 11.3 Å². The number of rotatable bonds is 6. The molecule has 0 bridgehead atoms. The molecule has 2 rings (SSSR count). The Morgan fingerprint density at radius 2 is 1.68 bits per heavy atom. The number of amides is 2. The van der Waals surface area contributed by atoms with Gasteiger partial charge in [-0.3, -0.25) is 9.59 Å². The van der Waals surface area contributed by atoms with Crippen LogP contribution in [0.5, 0.6) is 0 Å². The molecule has 0 aromatic heterocycles. The fourth-order valence-electron chi connectivity index (χ4n) is 2.21. The lowest BCUT2D eigenvalue weighted by Gasteiger charge is -2.09. The van der Waals surface area contributed by atoms with Gasteiger partial charge in [-0.1, -0.05) is 23.4 Å². The third-order valence-corrected chi connectivity index (χ3v) is 3.49. The van der Waals surface area contributed by atoms with Crippen molar-refractivity contribution < 1.29 is 27.6 Å². The van der Waals surface area contributed by atoms with E-state index in [4.69, 9.17) is 4.84 Å². The zero-order chi connectivity index (χ0) is 20.7. The molecule has 0 unspecified atom stereocenters. The summed E-state index contributed by atoms with van der Waals surface area (Å²) in [6.07, 6.45) is -4.49. The summed E-state index contributed by atoms with van der Waals surface area (Å²) in [6.45, 7) is 2.61. The van der Waals surface area contributed by atoms with E-state index >= 15 is 0 Å². The Morgan fingerprint density at radius 1 is 1.00 bits per heavy atom. The van der Waals surface area contributed by atoms with E-state index in [-0.39, 0.29) is 11.6 Å². The van der Waals surface area contributed by atoms with Crippen LogP contribution in [0.2, 0.25) is 0 Å². The van der Waals surface area contributed by atoms with Crippen molar-refractivity contribution >= 4 is 28.9 Å². The Hall–Kier alpha value is -3.36. The van der Waals surface area contributed by atoms with Crippen molar-refractivity contribution in [3.63, 3.8) is 0 Å². The van der Waals surface area contributed by atoms with Crippen LogP contribution in [0.1, 0.15) is 25.0 Å². The first-order valence-electron chi connectivity index (χ1n) is 8.17. The number of benzene rings is 2. The number of oxime groups is 1. The standard InChI is InChI=1S/C19H18F3N3O3/c1-12(14-6-8-16(9-7-14)23-13(2)26)25-28-11-18(27)24-17-5-3-4-15(10-17)19(20,21)22/h3-10H,11H2,1-2H3,(H,23,26)(H,24,27)/b25-12+. The third-order valence-electron chi connectivity index (χ3n) is 3.49. The molecule has 0 saturated heterocycles. The average Bonchev–Trinajstić information content (AvgIpc) is 2.61. The normalized spacial score (nSPS) is 11.7. The van der Waals surface area contributed by atoms with E-state index in [0.717, 1.165) is 12.1 Å². The largest absolute Gasteiger partial charge is 0.416 e. The number of carbonyl (C=O) groups is 2. The number of carbonyl (C=O) groups excluding carboxylic acids is 2. The Labute approximate surface area is 159 Å². The molecule has 2 amide bonds. The molecule has 148 valence electrons. The van der Waals surface area contributed by atoms with Crippen LogP contribution in [0, 0.1) is 0 Å². The number of halogens is 3. The molecule has 0 spiro atoms. The summed E-state index contributed by atoms with van der Waals surface area (Å²) < 4.78 is 38.0. The number of nitrogens with one attached hydrogen (secondary N) is 2. The summed E-state index contributed by atoms with van der Waals surface area (Å²) in [7, 11) is 0. The van der Waals surface area contributed by atoms with Gasteiger partial charge in [0.1, 0.15) is 0 Å². The van der Waals surface area contributed by atoms with Crippen LogP contribution in [0.3, 0.4) is 0 Å². The number of hydrogen-bond acceptors (Lipinski definition) is 4. The van der Waals surface area contributed by atoms with Gasteiger partial charge in [-0.25, -0.2) is 0 Å². The molecule has 6 nitrogen and oxygen atoms in total.